The van der Waals surface area contributed by atoms with E-state index in [9.17, 15) is 15.0 Å². The predicted octanol–water partition coefficient (Wildman–Crippen LogP) is 4.18. The summed E-state index contributed by atoms with van der Waals surface area (Å²) in [5.74, 6) is 0.736. The maximum atomic E-state index is 13.0. The van der Waals surface area contributed by atoms with E-state index in [0.717, 1.165) is 16.7 Å². The van der Waals surface area contributed by atoms with Crippen LogP contribution >= 0.6 is 0 Å². The van der Waals surface area contributed by atoms with Gasteiger partial charge in [0.05, 0.1) is 18.9 Å². The number of para-hydroxylation sites is 2. The van der Waals surface area contributed by atoms with Crippen LogP contribution in [0, 0.1) is 0 Å². The molecular formula is C27H25NO7. The van der Waals surface area contributed by atoms with Gasteiger partial charge in [-0.1, -0.05) is 42.5 Å². The van der Waals surface area contributed by atoms with Gasteiger partial charge < -0.3 is 34.5 Å². The quantitative estimate of drug-likeness (QED) is 0.440. The number of phenols is 1. The first-order valence-corrected chi connectivity index (χ1v) is 11.3. The summed E-state index contributed by atoms with van der Waals surface area (Å²) in [6.45, 7) is 0.431. The Bertz CT molecular complexity index is 1240. The predicted molar refractivity (Wildman–Crippen MR) is 127 cm³/mol. The van der Waals surface area contributed by atoms with Gasteiger partial charge in [0.15, 0.2) is 17.3 Å². The van der Waals surface area contributed by atoms with E-state index in [-0.39, 0.29) is 43.1 Å². The van der Waals surface area contributed by atoms with Gasteiger partial charge in [-0.2, -0.15) is 0 Å². The van der Waals surface area contributed by atoms with Crippen LogP contribution in [0.2, 0.25) is 0 Å². The SMILES string of the molecule is O=C(Nc1ccccc1O)C1=C[C@@H](c2ccc3c(c2)OCO3)C[C@@H](OCc2ccc(CO)cc2)O1. The number of phenolic OH excluding ortho intramolecular Hbond substituents is 1. The lowest BCUT2D eigenvalue weighted by Gasteiger charge is -2.29. The highest BCUT2D eigenvalue weighted by Gasteiger charge is 2.30. The van der Waals surface area contributed by atoms with E-state index in [1.54, 1.807) is 24.3 Å². The van der Waals surface area contributed by atoms with Crippen molar-refractivity contribution < 1.29 is 34.0 Å². The third-order valence-corrected chi connectivity index (χ3v) is 5.90. The highest BCUT2D eigenvalue weighted by Crippen LogP contribution is 2.38. The fourth-order valence-electron chi connectivity index (χ4n) is 3.99. The molecule has 0 saturated heterocycles. The zero-order valence-electron chi connectivity index (χ0n) is 18.8. The lowest BCUT2D eigenvalue weighted by molar-refractivity contribution is -0.147. The fraction of sp³-hybridized carbons (Fsp3) is 0.222. The third kappa shape index (κ3) is 5.24. The number of aliphatic hydroxyl groups is 1. The molecule has 3 aromatic rings. The molecule has 1 amide bonds. The number of aromatic hydroxyl groups is 1. The molecule has 8 heteroatoms. The average Bonchev–Trinajstić information content (AvgIpc) is 3.37. The van der Waals surface area contributed by atoms with Crippen LogP contribution in [0.5, 0.6) is 17.2 Å². The van der Waals surface area contributed by atoms with Gasteiger partial charge in [-0.15, -0.1) is 0 Å². The molecule has 3 N–H and O–H groups in total. The summed E-state index contributed by atoms with van der Waals surface area (Å²) in [6, 6.07) is 19.6. The molecule has 8 nitrogen and oxygen atoms in total. The number of rotatable bonds is 7. The minimum atomic E-state index is -0.682. The Hall–Kier alpha value is -4.01. The number of anilines is 1. The Morgan fingerprint density at radius 1 is 1.00 bits per heavy atom. The van der Waals surface area contributed by atoms with Crippen LogP contribution in [0.1, 0.15) is 29.0 Å². The molecule has 3 aromatic carbocycles. The molecular weight excluding hydrogens is 450 g/mol. The topological polar surface area (TPSA) is 106 Å². The maximum absolute atomic E-state index is 13.0. The van der Waals surface area contributed by atoms with Crippen LogP contribution in [0.25, 0.3) is 0 Å². The van der Waals surface area contributed by atoms with Crippen molar-refractivity contribution in [2.75, 3.05) is 12.1 Å². The number of carbonyl (C=O) groups is 1. The van der Waals surface area contributed by atoms with E-state index < -0.39 is 12.2 Å². The van der Waals surface area contributed by atoms with Crippen molar-refractivity contribution in [3.05, 3.63) is 95.3 Å². The monoisotopic (exact) mass is 475 g/mol. The minimum Gasteiger partial charge on any atom is -0.506 e. The van der Waals surface area contributed by atoms with E-state index >= 15 is 0 Å². The number of fused-ring (bicyclic) bond motifs is 1. The number of amides is 1. The Morgan fingerprint density at radius 2 is 1.77 bits per heavy atom. The Morgan fingerprint density at radius 3 is 2.57 bits per heavy atom. The summed E-state index contributed by atoms with van der Waals surface area (Å²) in [4.78, 5) is 13.0. The number of aliphatic hydroxyl groups excluding tert-OH is 1. The molecule has 0 aliphatic carbocycles. The molecule has 2 aliphatic heterocycles. The number of nitrogens with one attached hydrogen (secondary N) is 1. The lowest BCUT2D eigenvalue weighted by Crippen LogP contribution is -2.29. The van der Waals surface area contributed by atoms with Crippen molar-refractivity contribution in [1.29, 1.82) is 0 Å². The standard InChI is InChI=1S/C27H25NO7/c29-14-17-5-7-18(8-6-17)15-32-26-13-20(19-9-10-23-24(11-19)34-16-33-23)12-25(35-26)27(31)28-21-3-1-2-4-22(21)30/h1-12,20,26,29-30H,13-16H2,(H,28,31)/t20-,26+/m1/s1. The molecule has 0 radical (unpaired) electrons. The number of allylic oxidation sites excluding steroid dienone is 1. The molecule has 2 atom stereocenters. The summed E-state index contributed by atoms with van der Waals surface area (Å²) in [5.41, 5.74) is 2.96. The second-order valence-corrected chi connectivity index (χ2v) is 8.29. The van der Waals surface area contributed by atoms with Crippen LogP contribution in [0.4, 0.5) is 5.69 Å². The van der Waals surface area contributed by atoms with Crippen LogP contribution < -0.4 is 14.8 Å². The zero-order valence-corrected chi connectivity index (χ0v) is 18.8. The highest BCUT2D eigenvalue weighted by molar-refractivity contribution is 6.03. The van der Waals surface area contributed by atoms with E-state index in [0.29, 0.717) is 17.9 Å². The van der Waals surface area contributed by atoms with Gasteiger partial charge >= 0.3 is 0 Å². The van der Waals surface area contributed by atoms with Crippen molar-refractivity contribution in [3.63, 3.8) is 0 Å². The van der Waals surface area contributed by atoms with Gasteiger partial charge in [-0.3, -0.25) is 4.79 Å². The van der Waals surface area contributed by atoms with Crippen LogP contribution in [0.3, 0.4) is 0 Å². The molecule has 2 heterocycles. The van der Waals surface area contributed by atoms with Crippen molar-refractivity contribution in [2.45, 2.75) is 31.8 Å². The summed E-state index contributed by atoms with van der Waals surface area (Å²) >= 11 is 0. The zero-order chi connectivity index (χ0) is 24.2. The van der Waals surface area contributed by atoms with Gasteiger partial charge in [-0.05, 0) is 47.0 Å². The first kappa shape index (κ1) is 22.8. The number of benzene rings is 3. The first-order chi connectivity index (χ1) is 17.1. The summed E-state index contributed by atoms with van der Waals surface area (Å²) in [5, 5.41) is 22.0. The Balaban J connectivity index is 1.36. The van der Waals surface area contributed by atoms with E-state index in [4.69, 9.17) is 18.9 Å². The van der Waals surface area contributed by atoms with Gasteiger partial charge in [0, 0.05) is 12.3 Å². The molecule has 0 spiro atoms. The van der Waals surface area contributed by atoms with Gasteiger partial charge in [0.1, 0.15) is 5.75 Å². The number of ether oxygens (including phenoxy) is 4. The molecule has 0 fully saturated rings. The van der Waals surface area contributed by atoms with E-state index in [2.05, 4.69) is 5.32 Å². The number of carbonyl (C=O) groups excluding carboxylic acids is 1. The van der Waals surface area contributed by atoms with Crippen LogP contribution in [-0.2, 0) is 27.5 Å². The normalized spacial score (nSPS) is 18.5. The summed E-state index contributed by atoms with van der Waals surface area (Å²) in [6.07, 6.45) is 1.56. The smallest absolute Gasteiger partial charge is 0.290 e. The van der Waals surface area contributed by atoms with Crippen LogP contribution in [0.15, 0.2) is 78.6 Å². The molecule has 5 rings (SSSR count). The van der Waals surface area contributed by atoms with E-state index in [1.165, 1.54) is 6.07 Å². The molecule has 0 unspecified atom stereocenters. The van der Waals surface area contributed by atoms with Crippen molar-refractivity contribution in [1.82, 2.24) is 0 Å². The largest absolute Gasteiger partial charge is 0.506 e. The van der Waals surface area contributed by atoms with Crippen molar-refractivity contribution >= 4 is 11.6 Å². The third-order valence-electron chi connectivity index (χ3n) is 5.90. The number of hydrogen-bond acceptors (Lipinski definition) is 7. The van der Waals surface area contributed by atoms with Crippen molar-refractivity contribution in [2.24, 2.45) is 0 Å². The average molecular weight is 475 g/mol. The highest BCUT2D eigenvalue weighted by atomic mass is 16.7. The molecule has 35 heavy (non-hydrogen) atoms. The van der Waals surface area contributed by atoms with Gasteiger partial charge in [-0.25, -0.2) is 0 Å². The van der Waals surface area contributed by atoms with Crippen LogP contribution in [-0.4, -0.2) is 29.2 Å². The molecule has 0 bridgehead atoms. The maximum Gasteiger partial charge on any atom is 0.290 e. The fourth-order valence-corrected chi connectivity index (χ4v) is 3.99. The summed E-state index contributed by atoms with van der Waals surface area (Å²) in [7, 11) is 0. The lowest BCUT2D eigenvalue weighted by atomic mass is 9.92. The molecule has 0 aromatic heterocycles. The molecule has 0 saturated carbocycles. The Kier molecular flexibility index (Phi) is 6.56. The molecule has 2 aliphatic rings. The Labute approximate surface area is 202 Å². The van der Waals surface area contributed by atoms with Gasteiger partial charge in [0.25, 0.3) is 5.91 Å². The number of hydrogen-bond donors (Lipinski definition) is 3. The molecule has 180 valence electrons. The van der Waals surface area contributed by atoms with E-state index in [1.807, 2.05) is 42.5 Å². The second-order valence-electron chi connectivity index (χ2n) is 8.29. The second kappa shape index (κ2) is 10.1. The van der Waals surface area contributed by atoms with Crippen molar-refractivity contribution in [3.8, 4) is 17.2 Å². The van der Waals surface area contributed by atoms with Gasteiger partial charge in [0.2, 0.25) is 13.1 Å². The summed E-state index contributed by atoms with van der Waals surface area (Å²) < 4.78 is 22.9. The minimum absolute atomic E-state index is 0.0235. The first-order valence-electron chi connectivity index (χ1n) is 11.3.